The van der Waals surface area contributed by atoms with Crippen LogP contribution in [0.25, 0.3) is 0 Å². The summed E-state index contributed by atoms with van der Waals surface area (Å²) >= 11 is 7.02. The third kappa shape index (κ3) is 3.07. The summed E-state index contributed by atoms with van der Waals surface area (Å²) in [5.41, 5.74) is -0.358. The summed E-state index contributed by atoms with van der Waals surface area (Å²) in [6.07, 6.45) is 1.94. The lowest BCUT2D eigenvalue weighted by Gasteiger charge is -2.04. The van der Waals surface area contributed by atoms with Gasteiger partial charge in [0.2, 0.25) is 0 Å². The Morgan fingerprint density at radius 1 is 1.60 bits per heavy atom. The average molecular weight is 293 g/mol. The molecule has 5 nitrogen and oxygen atoms in total. The van der Waals surface area contributed by atoms with Gasteiger partial charge >= 0.3 is 0 Å². The van der Waals surface area contributed by atoms with Gasteiger partial charge in [-0.1, -0.05) is 0 Å². The summed E-state index contributed by atoms with van der Waals surface area (Å²) in [6, 6.07) is 1.21. The number of pyridine rings is 1. The maximum atomic E-state index is 11.5. The molecule has 0 saturated carbocycles. The summed E-state index contributed by atoms with van der Waals surface area (Å²) in [5.74, 6) is 0.632. The highest BCUT2D eigenvalue weighted by Crippen LogP contribution is 2.14. The summed E-state index contributed by atoms with van der Waals surface area (Å²) in [6.45, 7) is 0.433. The summed E-state index contributed by atoms with van der Waals surface area (Å²) in [7, 11) is 0. The lowest BCUT2D eigenvalue weighted by atomic mass is 10.4. The third-order valence-corrected chi connectivity index (χ3v) is 2.68. The molecule has 15 heavy (non-hydrogen) atoms. The molecule has 0 N–H and O–H groups in total. The van der Waals surface area contributed by atoms with E-state index in [0.717, 1.165) is 0 Å². The van der Waals surface area contributed by atoms with E-state index in [2.05, 4.69) is 28.6 Å². The van der Waals surface area contributed by atoms with E-state index in [-0.39, 0.29) is 15.7 Å². The van der Waals surface area contributed by atoms with E-state index in [0.29, 0.717) is 18.7 Å². The predicted molar refractivity (Wildman–Crippen MR) is 63.5 cm³/mol. The van der Waals surface area contributed by atoms with Crippen molar-refractivity contribution in [1.82, 2.24) is 4.57 Å². The minimum absolute atomic E-state index is 0.0966. The molecule has 0 fully saturated rings. The number of nitrogens with zero attached hydrogens (tertiary/aromatic N) is 2. The Morgan fingerprint density at radius 2 is 2.27 bits per heavy atom. The van der Waals surface area contributed by atoms with Crippen LogP contribution in [-0.4, -0.2) is 15.2 Å². The van der Waals surface area contributed by atoms with Gasteiger partial charge in [0.1, 0.15) is 0 Å². The molecule has 0 aliphatic carbocycles. The van der Waals surface area contributed by atoms with Crippen LogP contribution in [0.3, 0.4) is 0 Å². The molecule has 0 atom stereocenters. The van der Waals surface area contributed by atoms with Gasteiger partial charge in [-0.15, -0.1) is 0 Å². The molecule has 0 saturated heterocycles. The van der Waals surface area contributed by atoms with Crippen molar-refractivity contribution >= 4 is 34.2 Å². The Morgan fingerprint density at radius 3 is 2.80 bits per heavy atom. The van der Waals surface area contributed by atoms with E-state index in [4.69, 9.17) is 0 Å². The number of aromatic nitrogens is 1. The number of thiol groups is 1. The smallest absolute Gasteiger partial charge is 0.286 e. The van der Waals surface area contributed by atoms with Gasteiger partial charge in [-0.25, -0.2) is 0 Å². The molecular formula is C8H9BrN2O3S. The molecule has 0 radical (unpaired) electrons. The Labute approximate surface area is 99.8 Å². The number of aryl methyl sites for hydroxylation is 1. The fourth-order valence-corrected chi connectivity index (χ4v) is 1.70. The SMILES string of the molecule is O=c1c(Br)cc([N+](=O)[O-])cn1CCCS. The van der Waals surface area contributed by atoms with Gasteiger partial charge in [-0.2, -0.15) is 12.6 Å². The predicted octanol–water partition coefficient (Wildman–Crippen LogP) is 1.84. The number of hydrogen-bond donors (Lipinski definition) is 1. The van der Waals surface area contributed by atoms with Crippen molar-refractivity contribution in [1.29, 1.82) is 0 Å². The molecule has 0 unspecified atom stereocenters. The van der Waals surface area contributed by atoms with Gasteiger partial charge in [-0.05, 0) is 28.1 Å². The van der Waals surface area contributed by atoms with Crippen LogP contribution in [0.1, 0.15) is 6.42 Å². The van der Waals surface area contributed by atoms with Crippen LogP contribution in [0.5, 0.6) is 0 Å². The number of rotatable bonds is 4. The second kappa shape index (κ2) is 5.32. The van der Waals surface area contributed by atoms with Crippen molar-refractivity contribution in [3.05, 3.63) is 37.2 Å². The van der Waals surface area contributed by atoms with Crippen LogP contribution in [0.2, 0.25) is 0 Å². The zero-order chi connectivity index (χ0) is 11.4. The Bertz CT molecular complexity index is 432. The molecule has 7 heteroatoms. The number of hydrogen-bond acceptors (Lipinski definition) is 4. The van der Waals surface area contributed by atoms with Crippen molar-refractivity contribution in [2.24, 2.45) is 0 Å². The average Bonchev–Trinajstić information content (AvgIpc) is 2.19. The fraction of sp³-hybridized carbons (Fsp3) is 0.375. The van der Waals surface area contributed by atoms with E-state index in [1.54, 1.807) is 0 Å². The molecule has 1 aromatic heterocycles. The summed E-state index contributed by atoms with van der Waals surface area (Å²) < 4.78 is 1.52. The minimum Gasteiger partial charge on any atom is -0.308 e. The molecule has 82 valence electrons. The molecule has 0 aromatic carbocycles. The first-order valence-electron chi connectivity index (χ1n) is 4.21. The summed E-state index contributed by atoms with van der Waals surface area (Å²) in [5, 5.41) is 10.5. The van der Waals surface area contributed by atoms with Gasteiger partial charge in [0.15, 0.2) is 0 Å². The molecule has 0 amide bonds. The number of halogens is 1. The highest BCUT2D eigenvalue weighted by Gasteiger charge is 2.11. The van der Waals surface area contributed by atoms with E-state index in [1.165, 1.54) is 16.8 Å². The Balaban J connectivity index is 3.13. The fourth-order valence-electron chi connectivity index (χ4n) is 1.09. The first kappa shape index (κ1) is 12.3. The van der Waals surface area contributed by atoms with Crippen molar-refractivity contribution in [2.45, 2.75) is 13.0 Å². The van der Waals surface area contributed by atoms with Crippen molar-refractivity contribution in [3.8, 4) is 0 Å². The van der Waals surface area contributed by atoms with E-state index in [9.17, 15) is 14.9 Å². The van der Waals surface area contributed by atoms with E-state index in [1.807, 2.05) is 0 Å². The first-order valence-corrected chi connectivity index (χ1v) is 5.64. The van der Waals surface area contributed by atoms with Crippen molar-refractivity contribution < 1.29 is 4.92 Å². The van der Waals surface area contributed by atoms with E-state index >= 15 is 0 Å². The standard InChI is InChI=1S/C8H9BrN2O3S/c9-7-4-6(11(13)14)5-10(8(7)12)2-1-3-15/h4-5,15H,1-3H2. The van der Waals surface area contributed by atoms with Gasteiger partial charge in [0.05, 0.1) is 15.6 Å². The zero-order valence-electron chi connectivity index (χ0n) is 7.72. The molecule has 0 spiro atoms. The van der Waals surface area contributed by atoms with Crippen LogP contribution in [-0.2, 0) is 6.54 Å². The molecule has 1 rings (SSSR count). The second-order valence-corrected chi connectivity index (χ2v) is 4.18. The normalized spacial score (nSPS) is 10.3. The minimum atomic E-state index is -0.526. The second-order valence-electron chi connectivity index (χ2n) is 2.88. The van der Waals surface area contributed by atoms with Gasteiger partial charge in [0.25, 0.3) is 11.2 Å². The highest BCUT2D eigenvalue weighted by molar-refractivity contribution is 9.10. The Kier molecular flexibility index (Phi) is 4.34. The Hall–Kier alpha value is -0.820. The van der Waals surface area contributed by atoms with Crippen LogP contribution in [0, 0.1) is 10.1 Å². The highest BCUT2D eigenvalue weighted by atomic mass is 79.9. The van der Waals surface area contributed by atoms with Crippen LogP contribution in [0.4, 0.5) is 5.69 Å². The molecule has 1 aromatic rings. The maximum Gasteiger partial charge on any atom is 0.286 e. The lowest BCUT2D eigenvalue weighted by Crippen LogP contribution is -2.20. The van der Waals surface area contributed by atoms with Crippen LogP contribution < -0.4 is 5.56 Å². The van der Waals surface area contributed by atoms with Gasteiger partial charge < -0.3 is 4.57 Å². The largest absolute Gasteiger partial charge is 0.308 e. The van der Waals surface area contributed by atoms with Crippen LogP contribution in [0.15, 0.2) is 21.5 Å². The quantitative estimate of drug-likeness (QED) is 0.523. The lowest BCUT2D eigenvalue weighted by molar-refractivity contribution is -0.385. The van der Waals surface area contributed by atoms with E-state index < -0.39 is 4.92 Å². The van der Waals surface area contributed by atoms with Crippen LogP contribution >= 0.6 is 28.6 Å². The first-order chi connectivity index (χ1) is 7.06. The number of nitro groups is 1. The molecule has 0 aliphatic rings. The van der Waals surface area contributed by atoms with Crippen molar-refractivity contribution in [2.75, 3.05) is 5.75 Å². The maximum absolute atomic E-state index is 11.5. The topological polar surface area (TPSA) is 65.1 Å². The molecular weight excluding hydrogens is 284 g/mol. The monoisotopic (exact) mass is 292 g/mol. The third-order valence-electron chi connectivity index (χ3n) is 1.80. The molecule has 0 bridgehead atoms. The zero-order valence-corrected chi connectivity index (χ0v) is 10.2. The summed E-state index contributed by atoms with van der Waals surface area (Å²) in [4.78, 5) is 21.5. The van der Waals surface area contributed by atoms with Crippen molar-refractivity contribution in [3.63, 3.8) is 0 Å². The van der Waals surface area contributed by atoms with Gasteiger partial charge in [-0.3, -0.25) is 14.9 Å². The molecule has 0 aliphatic heterocycles. The molecule has 1 heterocycles. The van der Waals surface area contributed by atoms with Gasteiger partial charge in [0, 0.05) is 12.6 Å².